The standard InChI is InChI=1S/C10H18N2O2/c1-2-3-12(10-13)5-4-11-6-8-14-9-7-11/h2,10H,1,3-9H2. The van der Waals surface area contributed by atoms with Crippen LogP contribution in [0.5, 0.6) is 0 Å². The highest BCUT2D eigenvalue weighted by Gasteiger charge is 2.10. The van der Waals surface area contributed by atoms with Gasteiger partial charge in [-0.3, -0.25) is 9.69 Å². The van der Waals surface area contributed by atoms with Crippen molar-refractivity contribution in [3.05, 3.63) is 12.7 Å². The van der Waals surface area contributed by atoms with Crippen LogP contribution < -0.4 is 0 Å². The highest BCUT2D eigenvalue weighted by molar-refractivity contribution is 5.47. The number of hydrogen-bond acceptors (Lipinski definition) is 3. The van der Waals surface area contributed by atoms with E-state index in [0.717, 1.165) is 45.8 Å². The SMILES string of the molecule is C=CCN(C=O)CCN1CCOCC1. The summed E-state index contributed by atoms with van der Waals surface area (Å²) in [4.78, 5) is 14.6. The molecule has 0 aliphatic carbocycles. The first-order valence-electron chi connectivity index (χ1n) is 4.97. The molecule has 0 aromatic heterocycles. The minimum atomic E-state index is 0.633. The first kappa shape index (κ1) is 11.2. The number of amides is 1. The van der Waals surface area contributed by atoms with Gasteiger partial charge in [-0.1, -0.05) is 6.08 Å². The lowest BCUT2D eigenvalue weighted by molar-refractivity contribution is -0.118. The summed E-state index contributed by atoms with van der Waals surface area (Å²) in [7, 11) is 0. The molecule has 0 aromatic rings. The second-order valence-electron chi connectivity index (χ2n) is 3.34. The lowest BCUT2D eigenvalue weighted by Gasteiger charge is -2.28. The Labute approximate surface area is 85.1 Å². The van der Waals surface area contributed by atoms with Crippen LogP contribution in [0.3, 0.4) is 0 Å². The number of nitrogens with zero attached hydrogens (tertiary/aromatic N) is 2. The molecular formula is C10H18N2O2. The van der Waals surface area contributed by atoms with Gasteiger partial charge >= 0.3 is 0 Å². The monoisotopic (exact) mass is 198 g/mol. The van der Waals surface area contributed by atoms with Crippen LogP contribution in [0.1, 0.15) is 0 Å². The maximum Gasteiger partial charge on any atom is 0.210 e. The van der Waals surface area contributed by atoms with Crippen LogP contribution in [-0.2, 0) is 9.53 Å². The van der Waals surface area contributed by atoms with Crippen molar-refractivity contribution in [1.29, 1.82) is 0 Å². The first-order chi connectivity index (χ1) is 6.86. The van der Waals surface area contributed by atoms with Gasteiger partial charge in [-0.2, -0.15) is 0 Å². The van der Waals surface area contributed by atoms with Gasteiger partial charge in [0.15, 0.2) is 0 Å². The summed E-state index contributed by atoms with van der Waals surface area (Å²) < 4.78 is 5.24. The molecular weight excluding hydrogens is 180 g/mol. The molecule has 0 N–H and O–H groups in total. The molecule has 1 rings (SSSR count). The Kier molecular flexibility index (Phi) is 5.25. The maximum atomic E-state index is 10.6. The number of morpholine rings is 1. The van der Waals surface area contributed by atoms with Crippen molar-refractivity contribution < 1.29 is 9.53 Å². The number of rotatable bonds is 6. The summed E-state index contributed by atoms with van der Waals surface area (Å²) in [5.74, 6) is 0. The normalized spacial score (nSPS) is 17.7. The van der Waals surface area contributed by atoms with Crippen molar-refractivity contribution in [2.45, 2.75) is 0 Å². The molecule has 4 nitrogen and oxygen atoms in total. The molecule has 1 saturated heterocycles. The second-order valence-corrected chi connectivity index (χ2v) is 3.34. The fourth-order valence-corrected chi connectivity index (χ4v) is 1.45. The van der Waals surface area contributed by atoms with Crippen molar-refractivity contribution in [3.63, 3.8) is 0 Å². The van der Waals surface area contributed by atoms with Crippen LogP contribution in [0, 0.1) is 0 Å². The second kappa shape index (κ2) is 6.56. The molecule has 1 fully saturated rings. The molecule has 4 heteroatoms. The van der Waals surface area contributed by atoms with Crippen LogP contribution in [0.2, 0.25) is 0 Å². The Bertz CT molecular complexity index is 179. The molecule has 0 bridgehead atoms. The molecule has 0 unspecified atom stereocenters. The van der Waals surface area contributed by atoms with E-state index in [9.17, 15) is 4.79 Å². The Morgan fingerprint density at radius 2 is 2.14 bits per heavy atom. The maximum absolute atomic E-state index is 10.6. The van der Waals surface area contributed by atoms with Crippen molar-refractivity contribution in [1.82, 2.24) is 9.80 Å². The van der Waals surface area contributed by atoms with Crippen LogP contribution in [0.25, 0.3) is 0 Å². The predicted octanol–water partition coefficient (Wildman–Crippen LogP) is -0.0370. The molecule has 0 radical (unpaired) electrons. The van der Waals surface area contributed by atoms with E-state index >= 15 is 0 Å². The van der Waals surface area contributed by atoms with E-state index in [2.05, 4.69) is 11.5 Å². The zero-order valence-electron chi connectivity index (χ0n) is 8.52. The van der Waals surface area contributed by atoms with E-state index in [0.29, 0.717) is 6.54 Å². The molecule has 0 saturated carbocycles. The van der Waals surface area contributed by atoms with Crippen molar-refractivity contribution in [2.24, 2.45) is 0 Å². The third-order valence-electron chi connectivity index (χ3n) is 2.32. The highest BCUT2D eigenvalue weighted by atomic mass is 16.5. The summed E-state index contributed by atoms with van der Waals surface area (Å²) in [6, 6.07) is 0. The topological polar surface area (TPSA) is 32.8 Å². The Morgan fingerprint density at radius 3 is 2.71 bits per heavy atom. The van der Waals surface area contributed by atoms with Gasteiger partial charge in [-0.25, -0.2) is 0 Å². The average molecular weight is 198 g/mol. The number of hydrogen-bond donors (Lipinski definition) is 0. The minimum absolute atomic E-state index is 0.633. The number of carbonyl (C=O) groups is 1. The third-order valence-corrected chi connectivity index (χ3v) is 2.32. The number of ether oxygens (including phenoxy) is 1. The molecule has 14 heavy (non-hydrogen) atoms. The molecule has 0 atom stereocenters. The van der Waals surface area contributed by atoms with Gasteiger partial charge in [-0.05, 0) is 0 Å². The van der Waals surface area contributed by atoms with Gasteiger partial charge in [0.05, 0.1) is 13.2 Å². The summed E-state index contributed by atoms with van der Waals surface area (Å²) >= 11 is 0. The predicted molar refractivity (Wildman–Crippen MR) is 55.1 cm³/mol. The summed E-state index contributed by atoms with van der Waals surface area (Å²) in [6.45, 7) is 9.50. The Balaban J connectivity index is 2.16. The van der Waals surface area contributed by atoms with Crippen molar-refractivity contribution >= 4 is 6.41 Å². The largest absolute Gasteiger partial charge is 0.379 e. The van der Waals surface area contributed by atoms with E-state index in [1.54, 1.807) is 11.0 Å². The van der Waals surface area contributed by atoms with Gasteiger partial charge in [0, 0.05) is 32.7 Å². The van der Waals surface area contributed by atoms with E-state index < -0.39 is 0 Å². The minimum Gasteiger partial charge on any atom is -0.379 e. The fraction of sp³-hybridized carbons (Fsp3) is 0.700. The van der Waals surface area contributed by atoms with Crippen LogP contribution in [0.15, 0.2) is 12.7 Å². The van der Waals surface area contributed by atoms with Gasteiger partial charge in [-0.15, -0.1) is 6.58 Å². The van der Waals surface area contributed by atoms with Crippen LogP contribution in [0.4, 0.5) is 0 Å². The highest BCUT2D eigenvalue weighted by Crippen LogP contribution is 1.96. The van der Waals surface area contributed by atoms with Crippen molar-refractivity contribution in [3.8, 4) is 0 Å². The molecule has 80 valence electrons. The molecule has 1 aliphatic rings. The molecule has 0 spiro atoms. The van der Waals surface area contributed by atoms with Crippen molar-refractivity contribution in [2.75, 3.05) is 45.9 Å². The third kappa shape index (κ3) is 3.89. The lowest BCUT2D eigenvalue weighted by Crippen LogP contribution is -2.41. The molecule has 1 aliphatic heterocycles. The summed E-state index contributed by atoms with van der Waals surface area (Å²) in [5.41, 5.74) is 0. The average Bonchev–Trinajstić information content (AvgIpc) is 2.25. The molecule has 1 amide bonds. The number of carbonyl (C=O) groups excluding carboxylic acids is 1. The quantitative estimate of drug-likeness (QED) is 0.443. The van der Waals surface area contributed by atoms with Gasteiger partial charge in [0.1, 0.15) is 0 Å². The Morgan fingerprint density at radius 1 is 1.43 bits per heavy atom. The Hall–Kier alpha value is -0.870. The van der Waals surface area contributed by atoms with Gasteiger partial charge in [0.25, 0.3) is 0 Å². The van der Waals surface area contributed by atoms with Crippen LogP contribution in [-0.4, -0.2) is 62.1 Å². The van der Waals surface area contributed by atoms with E-state index in [1.165, 1.54) is 0 Å². The zero-order chi connectivity index (χ0) is 10.2. The van der Waals surface area contributed by atoms with E-state index in [-0.39, 0.29) is 0 Å². The van der Waals surface area contributed by atoms with E-state index in [4.69, 9.17) is 4.74 Å². The van der Waals surface area contributed by atoms with Gasteiger partial charge < -0.3 is 9.64 Å². The van der Waals surface area contributed by atoms with Crippen LogP contribution >= 0.6 is 0 Å². The summed E-state index contributed by atoms with van der Waals surface area (Å²) in [6.07, 6.45) is 2.62. The zero-order valence-corrected chi connectivity index (χ0v) is 8.52. The molecule has 0 aromatic carbocycles. The van der Waals surface area contributed by atoms with E-state index in [1.807, 2.05) is 0 Å². The smallest absolute Gasteiger partial charge is 0.210 e. The lowest BCUT2D eigenvalue weighted by atomic mass is 10.4. The van der Waals surface area contributed by atoms with Gasteiger partial charge in [0.2, 0.25) is 6.41 Å². The summed E-state index contributed by atoms with van der Waals surface area (Å²) in [5, 5.41) is 0. The fourth-order valence-electron chi connectivity index (χ4n) is 1.45. The first-order valence-corrected chi connectivity index (χ1v) is 4.97. The molecule has 1 heterocycles.